The van der Waals surface area contributed by atoms with E-state index >= 15 is 0 Å². The molecule has 7 heteroatoms. The average molecular weight is 413 g/mol. The summed E-state index contributed by atoms with van der Waals surface area (Å²) in [6.45, 7) is 4.68. The third-order valence-electron chi connectivity index (χ3n) is 5.12. The van der Waals surface area contributed by atoms with Gasteiger partial charge in [0.05, 0.1) is 5.69 Å². The molecule has 3 aromatic rings. The Labute approximate surface area is 175 Å². The molecule has 0 saturated carbocycles. The van der Waals surface area contributed by atoms with E-state index in [0.29, 0.717) is 24.7 Å². The van der Waals surface area contributed by atoms with Gasteiger partial charge in [-0.05, 0) is 85.6 Å². The summed E-state index contributed by atoms with van der Waals surface area (Å²) in [5, 5.41) is 17.2. The fourth-order valence-electron chi connectivity index (χ4n) is 3.46. The maximum atomic E-state index is 12.1. The van der Waals surface area contributed by atoms with Crippen LogP contribution in [0.2, 0.25) is 0 Å². The zero-order valence-corrected chi connectivity index (χ0v) is 18.1. The minimum Gasteiger partial charge on any atom is -0.508 e. The van der Waals surface area contributed by atoms with Gasteiger partial charge in [-0.2, -0.15) is 11.3 Å². The largest absolute Gasteiger partial charge is 0.508 e. The lowest BCUT2D eigenvalue weighted by atomic mass is 9.95. The Morgan fingerprint density at radius 2 is 1.97 bits per heavy atom. The molecule has 0 aliphatic heterocycles. The van der Waals surface area contributed by atoms with E-state index in [0.717, 1.165) is 28.8 Å². The number of likely N-dealkylation sites (N-methyl/N-ethyl adjacent to an activating group) is 1. The van der Waals surface area contributed by atoms with E-state index in [1.54, 1.807) is 29.5 Å². The summed E-state index contributed by atoms with van der Waals surface area (Å²) in [5.41, 5.74) is 5.15. The van der Waals surface area contributed by atoms with Crippen molar-refractivity contribution < 1.29 is 5.11 Å². The maximum Gasteiger partial charge on any atom is 0.252 e. The van der Waals surface area contributed by atoms with E-state index in [1.807, 2.05) is 39.4 Å². The number of phenols is 1. The summed E-state index contributed by atoms with van der Waals surface area (Å²) in [7, 11) is 4.08. The first kappa shape index (κ1) is 21.1. The summed E-state index contributed by atoms with van der Waals surface area (Å²) in [4.78, 5) is 21.6. The zero-order chi connectivity index (χ0) is 21.0. The molecule has 0 radical (unpaired) electrons. The topological polar surface area (TPSA) is 81.2 Å². The number of aromatic hydroxyl groups is 1. The van der Waals surface area contributed by atoms with Crippen molar-refractivity contribution in [2.75, 3.05) is 26.0 Å². The van der Waals surface area contributed by atoms with Gasteiger partial charge >= 0.3 is 0 Å². The second-order valence-corrected chi connectivity index (χ2v) is 8.43. The Morgan fingerprint density at radius 3 is 2.59 bits per heavy atom. The molecule has 3 rings (SSSR count). The van der Waals surface area contributed by atoms with Crippen molar-refractivity contribution >= 4 is 17.3 Å². The number of phenolic OH excluding ortho intramolecular Hbond substituents is 1. The van der Waals surface area contributed by atoms with E-state index in [1.165, 1.54) is 5.56 Å². The number of nitrogens with zero attached hydrogens (tertiary/aromatic N) is 2. The lowest BCUT2D eigenvalue weighted by Crippen LogP contribution is -2.37. The van der Waals surface area contributed by atoms with Gasteiger partial charge in [0.25, 0.3) is 5.56 Å². The number of aromatic nitrogens is 2. The first-order valence-electron chi connectivity index (χ1n) is 9.62. The monoisotopic (exact) mass is 412 g/mol. The van der Waals surface area contributed by atoms with E-state index in [9.17, 15) is 9.90 Å². The molecule has 3 N–H and O–H groups in total. The lowest BCUT2D eigenvalue weighted by molar-refractivity contribution is 0.302. The highest BCUT2D eigenvalue weighted by molar-refractivity contribution is 7.07. The van der Waals surface area contributed by atoms with Gasteiger partial charge in [0, 0.05) is 25.1 Å². The summed E-state index contributed by atoms with van der Waals surface area (Å²) in [6.07, 6.45) is 1.47. The minimum atomic E-state index is -0.153. The maximum absolute atomic E-state index is 12.1. The number of rotatable bonds is 8. The Morgan fingerprint density at radius 1 is 1.24 bits per heavy atom. The van der Waals surface area contributed by atoms with Crippen LogP contribution in [0.15, 0.2) is 39.8 Å². The van der Waals surface area contributed by atoms with Crippen LogP contribution in [0, 0.1) is 13.8 Å². The van der Waals surface area contributed by atoms with Crippen LogP contribution in [0.25, 0.3) is 0 Å². The Bertz CT molecular complexity index is 989. The van der Waals surface area contributed by atoms with Crippen LogP contribution >= 0.6 is 11.3 Å². The molecule has 0 bridgehead atoms. The van der Waals surface area contributed by atoms with Crippen molar-refractivity contribution in [1.82, 2.24) is 14.9 Å². The van der Waals surface area contributed by atoms with Gasteiger partial charge < -0.3 is 15.3 Å². The zero-order valence-electron chi connectivity index (χ0n) is 17.3. The van der Waals surface area contributed by atoms with Crippen LogP contribution in [-0.4, -0.2) is 46.7 Å². The van der Waals surface area contributed by atoms with Crippen LogP contribution < -0.4 is 10.9 Å². The van der Waals surface area contributed by atoms with Crippen LogP contribution in [0.5, 0.6) is 5.75 Å². The Balaban J connectivity index is 1.72. The second kappa shape index (κ2) is 9.24. The highest BCUT2D eigenvalue weighted by atomic mass is 32.1. The van der Waals surface area contributed by atoms with Gasteiger partial charge in [-0.1, -0.05) is 0 Å². The summed E-state index contributed by atoms with van der Waals surface area (Å²) < 4.78 is 0. The fraction of sp³-hybridized carbons (Fsp3) is 0.364. The van der Waals surface area contributed by atoms with Crippen LogP contribution in [0.4, 0.5) is 5.95 Å². The molecule has 0 amide bonds. The van der Waals surface area contributed by atoms with Gasteiger partial charge in [0.2, 0.25) is 5.95 Å². The van der Waals surface area contributed by atoms with Crippen molar-refractivity contribution in [3.63, 3.8) is 0 Å². The summed E-state index contributed by atoms with van der Waals surface area (Å²) >= 11 is 1.64. The molecule has 2 heterocycles. The number of nitrogens with one attached hydrogen (secondary N) is 2. The SMILES string of the molecule is Cc1cc(O)cc(C)c1CC(CNc1nc(Cc2ccsc2)cc(=O)[nH]1)N(C)C. The number of hydrogen-bond acceptors (Lipinski definition) is 6. The van der Waals surface area contributed by atoms with E-state index in [-0.39, 0.29) is 11.6 Å². The van der Waals surface area contributed by atoms with Crippen molar-refractivity contribution in [2.24, 2.45) is 0 Å². The first-order chi connectivity index (χ1) is 13.8. The molecular formula is C22H28N4O2S. The third kappa shape index (κ3) is 5.68. The molecule has 6 nitrogen and oxygen atoms in total. The molecule has 2 aromatic heterocycles. The molecule has 0 aliphatic carbocycles. The normalized spacial score (nSPS) is 12.3. The predicted molar refractivity (Wildman–Crippen MR) is 119 cm³/mol. The predicted octanol–water partition coefficient (Wildman–Crippen LogP) is 3.33. The number of aryl methyl sites for hydroxylation is 2. The van der Waals surface area contributed by atoms with Gasteiger partial charge in [-0.25, -0.2) is 4.98 Å². The molecule has 29 heavy (non-hydrogen) atoms. The number of hydrogen-bond donors (Lipinski definition) is 3. The molecule has 0 spiro atoms. The van der Waals surface area contributed by atoms with Gasteiger partial charge in [0.1, 0.15) is 5.75 Å². The van der Waals surface area contributed by atoms with Crippen LogP contribution in [0.1, 0.15) is 27.9 Å². The highest BCUT2D eigenvalue weighted by Gasteiger charge is 2.16. The lowest BCUT2D eigenvalue weighted by Gasteiger charge is -2.26. The van der Waals surface area contributed by atoms with Crippen molar-refractivity contribution in [3.05, 3.63) is 73.3 Å². The third-order valence-corrected chi connectivity index (χ3v) is 5.85. The van der Waals surface area contributed by atoms with Crippen molar-refractivity contribution in [1.29, 1.82) is 0 Å². The molecule has 0 fully saturated rings. The Hall–Kier alpha value is -2.64. The van der Waals surface area contributed by atoms with Gasteiger partial charge in [-0.15, -0.1) is 0 Å². The average Bonchev–Trinajstić information content (AvgIpc) is 3.12. The number of benzene rings is 1. The molecule has 154 valence electrons. The molecule has 0 aliphatic rings. The van der Waals surface area contributed by atoms with Crippen molar-refractivity contribution in [3.8, 4) is 5.75 Å². The quantitative estimate of drug-likeness (QED) is 0.529. The number of anilines is 1. The van der Waals surface area contributed by atoms with Crippen molar-refractivity contribution in [2.45, 2.75) is 32.7 Å². The van der Waals surface area contributed by atoms with E-state index in [4.69, 9.17) is 0 Å². The minimum absolute atomic E-state index is 0.153. The molecule has 1 aromatic carbocycles. The molecule has 1 atom stereocenters. The second-order valence-electron chi connectivity index (χ2n) is 7.65. The molecule has 1 unspecified atom stereocenters. The molecular weight excluding hydrogens is 384 g/mol. The summed E-state index contributed by atoms with van der Waals surface area (Å²) in [5.74, 6) is 0.793. The fourth-order valence-corrected chi connectivity index (χ4v) is 4.13. The number of thiophene rings is 1. The highest BCUT2D eigenvalue weighted by Crippen LogP contribution is 2.23. The van der Waals surface area contributed by atoms with Gasteiger partial charge in [-0.3, -0.25) is 9.78 Å². The first-order valence-corrected chi connectivity index (χ1v) is 10.6. The smallest absolute Gasteiger partial charge is 0.252 e. The standard InChI is InChI=1S/C22H28N4O2S/c1-14-7-19(27)8-15(2)20(14)11-18(26(3)4)12-23-22-24-17(10-21(28)25-22)9-16-5-6-29-13-16/h5-8,10,13,18,27H,9,11-12H2,1-4H3,(H2,23,24,25,28). The van der Waals surface area contributed by atoms with Crippen LogP contribution in [-0.2, 0) is 12.8 Å². The van der Waals surface area contributed by atoms with E-state index < -0.39 is 0 Å². The number of aromatic amines is 1. The number of H-pyrrole nitrogens is 1. The summed E-state index contributed by atoms with van der Waals surface area (Å²) in [6, 6.07) is 7.40. The van der Waals surface area contributed by atoms with Crippen LogP contribution in [0.3, 0.4) is 0 Å². The Kier molecular flexibility index (Phi) is 6.71. The van der Waals surface area contributed by atoms with E-state index in [2.05, 4.69) is 25.6 Å². The van der Waals surface area contributed by atoms with Gasteiger partial charge in [0.15, 0.2) is 0 Å². The molecule has 0 saturated heterocycles.